The molecule has 0 fully saturated rings. The second-order valence-electron chi connectivity index (χ2n) is 3.68. The molecule has 14 heavy (non-hydrogen) atoms. The quantitative estimate of drug-likeness (QED) is 0.582. The zero-order valence-corrected chi connectivity index (χ0v) is 9.46. The first-order chi connectivity index (χ1) is 6.70. The van der Waals surface area contributed by atoms with Gasteiger partial charge >= 0.3 is 5.97 Å². The second-order valence-corrected chi connectivity index (χ2v) is 3.68. The summed E-state index contributed by atoms with van der Waals surface area (Å²) in [5, 5.41) is 8.61. The van der Waals surface area contributed by atoms with Gasteiger partial charge in [0.25, 0.3) is 0 Å². The smallest absolute Gasteiger partial charge is 0.317 e. The molecule has 0 aromatic rings. The highest BCUT2D eigenvalue weighted by atomic mass is 16.4. The molecule has 0 atom stereocenters. The minimum atomic E-state index is -0.722. The van der Waals surface area contributed by atoms with Crippen molar-refractivity contribution in [1.29, 1.82) is 0 Å². The standard InChI is InChI=1S/C11H23NO2/c1-3-5-6-7-8-9-12(4-2)10-11(13)14/h3-10H2,1-2H3,(H,13,14). The molecule has 3 heteroatoms. The van der Waals surface area contributed by atoms with Crippen LogP contribution < -0.4 is 0 Å². The number of likely N-dealkylation sites (N-methyl/N-ethyl adjacent to an activating group) is 1. The van der Waals surface area contributed by atoms with Gasteiger partial charge in [-0.2, -0.15) is 0 Å². The van der Waals surface area contributed by atoms with Gasteiger partial charge in [0.05, 0.1) is 6.54 Å². The molecule has 0 aromatic carbocycles. The van der Waals surface area contributed by atoms with Crippen molar-refractivity contribution >= 4 is 5.97 Å². The second kappa shape index (κ2) is 9.00. The van der Waals surface area contributed by atoms with E-state index in [-0.39, 0.29) is 6.54 Å². The lowest BCUT2D eigenvalue weighted by molar-refractivity contribution is -0.138. The predicted octanol–water partition coefficient (Wildman–Crippen LogP) is 2.36. The van der Waals surface area contributed by atoms with Crippen molar-refractivity contribution in [1.82, 2.24) is 4.90 Å². The summed E-state index contributed by atoms with van der Waals surface area (Å²) in [5.74, 6) is -0.722. The molecule has 0 spiro atoms. The number of aliphatic carboxylic acids is 1. The van der Waals surface area contributed by atoms with Gasteiger partial charge in [0, 0.05) is 0 Å². The van der Waals surface area contributed by atoms with E-state index in [1.807, 2.05) is 11.8 Å². The van der Waals surface area contributed by atoms with Crippen LogP contribution in [0.2, 0.25) is 0 Å². The predicted molar refractivity (Wildman–Crippen MR) is 58.5 cm³/mol. The Morgan fingerprint density at radius 1 is 1.14 bits per heavy atom. The van der Waals surface area contributed by atoms with Crippen LogP contribution in [0.4, 0.5) is 0 Å². The third kappa shape index (κ3) is 8.05. The van der Waals surface area contributed by atoms with Crippen LogP contribution >= 0.6 is 0 Å². The molecule has 0 bridgehead atoms. The first-order valence-electron chi connectivity index (χ1n) is 5.64. The number of unbranched alkanes of at least 4 members (excludes halogenated alkanes) is 4. The monoisotopic (exact) mass is 201 g/mol. The normalized spacial score (nSPS) is 10.8. The summed E-state index contributed by atoms with van der Waals surface area (Å²) in [5.41, 5.74) is 0. The molecule has 0 radical (unpaired) electrons. The SMILES string of the molecule is CCCCCCCN(CC)CC(=O)O. The van der Waals surface area contributed by atoms with Crippen LogP contribution in [0.15, 0.2) is 0 Å². The van der Waals surface area contributed by atoms with Gasteiger partial charge in [-0.05, 0) is 19.5 Å². The largest absolute Gasteiger partial charge is 0.480 e. The molecule has 0 rings (SSSR count). The molecule has 1 N–H and O–H groups in total. The number of nitrogens with zero attached hydrogens (tertiary/aromatic N) is 1. The first kappa shape index (κ1) is 13.4. The maximum absolute atomic E-state index is 10.5. The summed E-state index contributed by atoms with van der Waals surface area (Å²) in [6.45, 7) is 6.15. The minimum Gasteiger partial charge on any atom is -0.480 e. The van der Waals surface area contributed by atoms with Crippen LogP contribution in [0.25, 0.3) is 0 Å². The Hall–Kier alpha value is -0.570. The van der Waals surface area contributed by atoms with Crippen molar-refractivity contribution in [2.45, 2.75) is 46.0 Å². The van der Waals surface area contributed by atoms with Crippen LogP contribution in [0.3, 0.4) is 0 Å². The van der Waals surface area contributed by atoms with E-state index in [2.05, 4.69) is 6.92 Å². The molecule has 0 heterocycles. The van der Waals surface area contributed by atoms with E-state index in [4.69, 9.17) is 5.11 Å². The minimum absolute atomic E-state index is 0.185. The Bertz CT molecular complexity index is 148. The highest BCUT2D eigenvalue weighted by Gasteiger charge is 2.05. The summed E-state index contributed by atoms with van der Waals surface area (Å²) >= 11 is 0. The van der Waals surface area contributed by atoms with E-state index in [1.165, 1.54) is 25.7 Å². The molecule has 0 saturated carbocycles. The fourth-order valence-electron chi connectivity index (χ4n) is 1.48. The number of hydrogen-bond donors (Lipinski definition) is 1. The lowest BCUT2D eigenvalue weighted by atomic mass is 10.1. The summed E-state index contributed by atoms with van der Waals surface area (Å²) in [6.07, 6.45) is 6.18. The third-order valence-corrected chi connectivity index (χ3v) is 2.38. The Morgan fingerprint density at radius 3 is 2.29 bits per heavy atom. The van der Waals surface area contributed by atoms with Gasteiger partial charge in [0.2, 0.25) is 0 Å². The van der Waals surface area contributed by atoms with E-state index >= 15 is 0 Å². The van der Waals surface area contributed by atoms with Gasteiger partial charge in [-0.3, -0.25) is 9.69 Å². The van der Waals surface area contributed by atoms with Gasteiger partial charge in [-0.1, -0.05) is 39.5 Å². The fourth-order valence-corrected chi connectivity index (χ4v) is 1.48. The summed E-state index contributed by atoms with van der Waals surface area (Å²) in [6, 6.07) is 0. The third-order valence-electron chi connectivity index (χ3n) is 2.38. The summed E-state index contributed by atoms with van der Waals surface area (Å²) in [4.78, 5) is 12.4. The molecular formula is C11H23NO2. The Kier molecular flexibility index (Phi) is 8.64. The van der Waals surface area contributed by atoms with Crippen molar-refractivity contribution < 1.29 is 9.90 Å². The summed E-state index contributed by atoms with van der Waals surface area (Å²) in [7, 11) is 0. The highest BCUT2D eigenvalue weighted by molar-refractivity contribution is 5.69. The van der Waals surface area contributed by atoms with E-state index < -0.39 is 5.97 Å². The average Bonchev–Trinajstić information content (AvgIpc) is 2.15. The van der Waals surface area contributed by atoms with Crippen LogP contribution in [0.1, 0.15) is 46.0 Å². The topological polar surface area (TPSA) is 40.5 Å². The maximum Gasteiger partial charge on any atom is 0.317 e. The lowest BCUT2D eigenvalue weighted by Gasteiger charge is -2.17. The van der Waals surface area contributed by atoms with Crippen molar-refractivity contribution in [3.05, 3.63) is 0 Å². The van der Waals surface area contributed by atoms with Crippen LogP contribution in [0, 0.1) is 0 Å². The Morgan fingerprint density at radius 2 is 1.79 bits per heavy atom. The zero-order valence-electron chi connectivity index (χ0n) is 9.46. The van der Waals surface area contributed by atoms with Crippen LogP contribution in [0.5, 0.6) is 0 Å². The van der Waals surface area contributed by atoms with E-state index in [9.17, 15) is 4.79 Å². The molecular weight excluding hydrogens is 178 g/mol. The van der Waals surface area contributed by atoms with E-state index in [0.29, 0.717) is 0 Å². The molecule has 0 aromatic heterocycles. The summed E-state index contributed by atoms with van der Waals surface area (Å²) < 4.78 is 0. The highest BCUT2D eigenvalue weighted by Crippen LogP contribution is 2.03. The van der Waals surface area contributed by atoms with Gasteiger partial charge in [0.15, 0.2) is 0 Å². The molecule has 84 valence electrons. The van der Waals surface area contributed by atoms with Gasteiger partial charge in [0.1, 0.15) is 0 Å². The van der Waals surface area contributed by atoms with Crippen molar-refractivity contribution in [3.63, 3.8) is 0 Å². The molecule has 0 aliphatic rings. The Labute approximate surface area is 87.1 Å². The number of carbonyl (C=O) groups is 1. The first-order valence-corrected chi connectivity index (χ1v) is 5.64. The van der Waals surface area contributed by atoms with Crippen LogP contribution in [-0.4, -0.2) is 35.6 Å². The van der Waals surface area contributed by atoms with Gasteiger partial charge in [-0.25, -0.2) is 0 Å². The number of hydrogen-bond acceptors (Lipinski definition) is 2. The average molecular weight is 201 g/mol. The number of carboxylic acids is 1. The zero-order chi connectivity index (χ0) is 10.8. The molecule has 0 amide bonds. The van der Waals surface area contributed by atoms with E-state index in [1.54, 1.807) is 0 Å². The van der Waals surface area contributed by atoms with Gasteiger partial charge in [-0.15, -0.1) is 0 Å². The lowest BCUT2D eigenvalue weighted by Crippen LogP contribution is -2.30. The fraction of sp³-hybridized carbons (Fsp3) is 0.909. The van der Waals surface area contributed by atoms with Crippen molar-refractivity contribution in [3.8, 4) is 0 Å². The number of rotatable bonds is 9. The molecule has 0 unspecified atom stereocenters. The molecule has 0 aliphatic heterocycles. The number of carboxylic acid groups (broad SMARTS) is 1. The van der Waals surface area contributed by atoms with Gasteiger partial charge < -0.3 is 5.11 Å². The molecule has 0 saturated heterocycles. The van der Waals surface area contributed by atoms with Crippen molar-refractivity contribution in [2.75, 3.05) is 19.6 Å². The molecule has 0 aliphatic carbocycles. The molecule has 3 nitrogen and oxygen atoms in total. The van der Waals surface area contributed by atoms with E-state index in [0.717, 1.165) is 19.5 Å². The van der Waals surface area contributed by atoms with Crippen LogP contribution in [-0.2, 0) is 4.79 Å². The van der Waals surface area contributed by atoms with Crippen molar-refractivity contribution in [2.24, 2.45) is 0 Å². The maximum atomic E-state index is 10.5. The Balaban J connectivity index is 3.38.